The van der Waals surface area contributed by atoms with Crippen LogP contribution in [0, 0.1) is 0 Å². The summed E-state index contributed by atoms with van der Waals surface area (Å²) in [6, 6.07) is 63.9. The molecule has 4 nitrogen and oxygen atoms in total. The van der Waals surface area contributed by atoms with Gasteiger partial charge in [-0.3, -0.25) is 0 Å². The van der Waals surface area contributed by atoms with E-state index in [2.05, 4.69) is 164 Å². The number of hydrogen-bond acceptors (Lipinski definition) is 4. The maximum atomic E-state index is 6.63. The standard InChI is InChI=1S/C54H30O4/c1-3-8-31(9-4-1)35-14-19-46-41(25-35)43-29-44-42-27-38(16-20-47(42)57-52(44)30-51(43)56-46)34-13-7-12-33(24-34)37-17-21-48-40(26-37)39-18-23-50-53(54(39)58-48)45-28-36(15-22-49(45)55-50)32-10-5-2-6-11-32/h1-30H. The fourth-order valence-corrected chi connectivity index (χ4v) is 9.00. The third-order valence-electron chi connectivity index (χ3n) is 11.9. The van der Waals surface area contributed by atoms with Crippen LogP contribution in [-0.4, -0.2) is 0 Å². The fourth-order valence-electron chi connectivity index (χ4n) is 9.00. The Morgan fingerprint density at radius 2 is 0.603 bits per heavy atom. The van der Waals surface area contributed by atoms with E-state index < -0.39 is 0 Å². The molecule has 270 valence electrons. The van der Waals surface area contributed by atoms with Crippen LogP contribution in [0.25, 0.3) is 132 Å². The smallest absolute Gasteiger partial charge is 0.147 e. The van der Waals surface area contributed by atoms with Crippen molar-refractivity contribution in [3.63, 3.8) is 0 Å². The Morgan fingerprint density at radius 3 is 1.17 bits per heavy atom. The normalized spacial score (nSPS) is 12.1. The monoisotopic (exact) mass is 742 g/mol. The molecule has 0 saturated heterocycles. The van der Waals surface area contributed by atoms with Gasteiger partial charge in [-0.1, -0.05) is 103 Å². The molecule has 58 heavy (non-hydrogen) atoms. The van der Waals surface area contributed by atoms with Crippen LogP contribution in [0.5, 0.6) is 0 Å². The zero-order valence-corrected chi connectivity index (χ0v) is 31.0. The summed E-state index contributed by atoms with van der Waals surface area (Å²) in [4.78, 5) is 0. The van der Waals surface area contributed by atoms with Crippen molar-refractivity contribution in [1.82, 2.24) is 0 Å². The summed E-state index contributed by atoms with van der Waals surface area (Å²) in [6.07, 6.45) is 0. The first-order valence-corrected chi connectivity index (χ1v) is 19.5. The topological polar surface area (TPSA) is 52.6 Å². The summed E-state index contributed by atoms with van der Waals surface area (Å²) < 4.78 is 25.7. The van der Waals surface area contributed by atoms with Crippen LogP contribution >= 0.6 is 0 Å². The van der Waals surface area contributed by atoms with Crippen LogP contribution < -0.4 is 0 Å². The Hall–Kier alpha value is -7.82. The lowest BCUT2D eigenvalue weighted by molar-refractivity contribution is 0.656. The minimum Gasteiger partial charge on any atom is -0.456 e. The Bertz CT molecular complexity index is 3750. The summed E-state index contributed by atoms with van der Waals surface area (Å²) in [5, 5.41) is 8.53. The van der Waals surface area contributed by atoms with Gasteiger partial charge < -0.3 is 17.7 Å². The molecule has 0 amide bonds. The van der Waals surface area contributed by atoms with E-state index in [4.69, 9.17) is 17.7 Å². The molecule has 13 rings (SSSR count). The lowest BCUT2D eigenvalue weighted by atomic mass is 9.96. The highest BCUT2D eigenvalue weighted by Crippen LogP contribution is 2.43. The molecule has 0 fully saturated rings. The molecule has 0 spiro atoms. The molecule has 4 aromatic heterocycles. The maximum absolute atomic E-state index is 6.63. The predicted octanol–water partition coefficient (Wildman–Crippen LogP) is 16.0. The minimum atomic E-state index is 0.814. The highest BCUT2D eigenvalue weighted by Gasteiger charge is 2.19. The zero-order chi connectivity index (χ0) is 37.9. The molecular weight excluding hydrogens is 713 g/mol. The third kappa shape index (κ3) is 4.69. The largest absolute Gasteiger partial charge is 0.456 e. The lowest BCUT2D eigenvalue weighted by Crippen LogP contribution is -1.82. The van der Waals surface area contributed by atoms with E-state index in [9.17, 15) is 0 Å². The van der Waals surface area contributed by atoms with E-state index in [1.165, 1.54) is 11.1 Å². The SMILES string of the molecule is c1ccc(-c2ccc3oc4cc5oc6ccc(-c7cccc(-c8ccc9oc%10c(ccc%11oc%12ccc(-c%13ccccc%13)cc%12c%11%10)c9c8)c7)cc6c5cc4c3c2)cc1. The quantitative estimate of drug-likeness (QED) is 0.180. The van der Waals surface area contributed by atoms with E-state index in [1.54, 1.807) is 0 Å². The van der Waals surface area contributed by atoms with Gasteiger partial charge >= 0.3 is 0 Å². The van der Waals surface area contributed by atoms with Gasteiger partial charge in [0.15, 0.2) is 0 Å². The Morgan fingerprint density at radius 1 is 0.207 bits per heavy atom. The van der Waals surface area contributed by atoms with Crippen LogP contribution in [0.15, 0.2) is 200 Å². The number of rotatable bonds is 4. The van der Waals surface area contributed by atoms with Gasteiger partial charge in [0.2, 0.25) is 0 Å². The second-order valence-electron chi connectivity index (χ2n) is 15.2. The van der Waals surface area contributed by atoms with Crippen molar-refractivity contribution in [2.45, 2.75) is 0 Å². The van der Waals surface area contributed by atoms with Crippen molar-refractivity contribution in [3.8, 4) is 44.5 Å². The van der Waals surface area contributed by atoms with Crippen molar-refractivity contribution in [2.75, 3.05) is 0 Å². The predicted molar refractivity (Wildman–Crippen MR) is 237 cm³/mol. The number of furan rings is 4. The average Bonchev–Trinajstić information content (AvgIpc) is 4.04. The van der Waals surface area contributed by atoms with Gasteiger partial charge in [-0.05, 0) is 117 Å². The summed E-state index contributed by atoms with van der Waals surface area (Å²) in [6.45, 7) is 0. The van der Waals surface area contributed by atoms with Gasteiger partial charge in [0, 0.05) is 43.8 Å². The van der Waals surface area contributed by atoms with Crippen LogP contribution in [-0.2, 0) is 0 Å². The van der Waals surface area contributed by atoms with Gasteiger partial charge in [0.25, 0.3) is 0 Å². The Labute approximate surface area is 330 Å². The Kier molecular flexibility index (Phi) is 6.41. The molecule has 0 radical (unpaired) electrons. The minimum absolute atomic E-state index is 0.814. The zero-order valence-electron chi connectivity index (χ0n) is 31.0. The van der Waals surface area contributed by atoms with Crippen molar-refractivity contribution in [2.24, 2.45) is 0 Å². The molecule has 13 aromatic rings. The molecule has 0 atom stereocenters. The van der Waals surface area contributed by atoms with Gasteiger partial charge in [-0.25, -0.2) is 0 Å². The van der Waals surface area contributed by atoms with Crippen molar-refractivity contribution in [1.29, 1.82) is 0 Å². The summed E-state index contributed by atoms with van der Waals surface area (Å²) in [5.41, 5.74) is 15.9. The van der Waals surface area contributed by atoms with E-state index in [0.717, 1.165) is 121 Å². The van der Waals surface area contributed by atoms with E-state index in [1.807, 2.05) is 18.2 Å². The highest BCUT2D eigenvalue weighted by atomic mass is 16.4. The average molecular weight is 743 g/mol. The second kappa shape index (κ2) is 11.8. The molecule has 0 aliphatic carbocycles. The maximum Gasteiger partial charge on any atom is 0.147 e. The summed E-state index contributed by atoms with van der Waals surface area (Å²) in [5.74, 6) is 0. The van der Waals surface area contributed by atoms with E-state index in [0.29, 0.717) is 0 Å². The second-order valence-corrected chi connectivity index (χ2v) is 15.2. The first kappa shape index (κ1) is 31.4. The molecule has 0 unspecified atom stereocenters. The molecule has 0 aliphatic heterocycles. The molecule has 0 N–H and O–H groups in total. The third-order valence-corrected chi connectivity index (χ3v) is 11.9. The van der Waals surface area contributed by atoms with Crippen molar-refractivity contribution in [3.05, 3.63) is 182 Å². The van der Waals surface area contributed by atoms with Gasteiger partial charge in [0.05, 0.1) is 5.39 Å². The number of hydrogen-bond donors (Lipinski definition) is 0. The first-order chi connectivity index (χ1) is 28.7. The number of fused-ring (bicyclic) bond motifs is 13. The molecule has 0 bridgehead atoms. The number of benzene rings is 9. The highest BCUT2D eigenvalue weighted by molar-refractivity contribution is 6.23. The molecule has 4 heteroatoms. The molecular formula is C54H30O4. The molecule has 4 heterocycles. The Balaban J connectivity index is 0.901. The first-order valence-electron chi connectivity index (χ1n) is 19.5. The van der Waals surface area contributed by atoms with Gasteiger partial charge in [-0.2, -0.15) is 0 Å². The van der Waals surface area contributed by atoms with Crippen LogP contribution in [0.1, 0.15) is 0 Å². The molecule has 0 saturated carbocycles. The van der Waals surface area contributed by atoms with Crippen LogP contribution in [0.3, 0.4) is 0 Å². The molecule has 9 aromatic carbocycles. The van der Waals surface area contributed by atoms with E-state index >= 15 is 0 Å². The lowest BCUT2D eigenvalue weighted by Gasteiger charge is -2.07. The molecule has 0 aliphatic rings. The van der Waals surface area contributed by atoms with Crippen molar-refractivity contribution >= 4 is 87.8 Å². The fraction of sp³-hybridized carbons (Fsp3) is 0. The summed E-state index contributed by atoms with van der Waals surface area (Å²) in [7, 11) is 0. The van der Waals surface area contributed by atoms with Crippen molar-refractivity contribution < 1.29 is 17.7 Å². The van der Waals surface area contributed by atoms with Crippen LogP contribution in [0.2, 0.25) is 0 Å². The summed E-state index contributed by atoms with van der Waals surface area (Å²) >= 11 is 0. The van der Waals surface area contributed by atoms with E-state index in [-0.39, 0.29) is 0 Å². The van der Waals surface area contributed by atoms with Crippen LogP contribution in [0.4, 0.5) is 0 Å². The van der Waals surface area contributed by atoms with Gasteiger partial charge in [0.1, 0.15) is 44.7 Å². The van der Waals surface area contributed by atoms with Gasteiger partial charge in [-0.15, -0.1) is 0 Å².